The van der Waals surface area contributed by atoms with Gasteiger partial charge in [0.1, 0.15) is 5.75 Å². The molecule has 6 nitrogen and oxygen atoms in total. The number of carbonyl (C=O) groups is 2. The van der Waals surface area contributed by atoms with Crippen molar-refractivity contribution in [1.29, 1.82) is 0 Å². The Morgan fingerprint density at radius 1 is 1.16 bits per heavy atom. The molecule has 0 spiro atoms. The highest BCUT2D eigenvalue weighted by molar-refractivity contribution is 5.78. The quantitative estimate of drug-likeness (QED) is 0.728. The molecule has 1 saturated carbocycles. The third kappa shape index (κ3) is 4.72. The number of methoxy groups -OCH3 is 1. The SMILES string of the molecule is COc1ccc(CN(C(=O)C[NH+]2CCC(C(N)=O)CC2)C2CC2)cc1. The van der Waals surface area contributed by atoms with Crippen LogP contribution in [-0.2, 0) is 16.1 Å². The predicted octanol–water partition coefficient (Wildman–Crippen LogP) is -0.0336. The number of nitrogens with one attached hydrogen (secondary N) is 1. The Bertz CT molecular complexity index is 605. The summed E-state index contributed by atoms with van der Waals surface area (Å²) in [6.45, 7) is 2.86. The van der Waals surface area contributed by atoms with Crippen molar-refractivity contribution in [3.05, 3.63) is 29.8 Å². The highest BCUT2D eigenvalue weighted by Crippen LogP contribution is 2.28. The van der Waals surface area contributed by atoms with Crippen molar-refractivity contribution in [3.8, 4) is 5.75 Å². The van der Waals surface area contributed by atoms with Gasteiger partial charge in [-0.1, -0.05) is 12.1 Å². The number of benzene rings is 1. The maximum Gasteiger partial charge on any atom is 0.278 e. The molecule has 136 valence electrons. The van der Waals surface area contributed by atoms with Crippen molar-refractivity contribution >= 4 is 11.8 Å². The summed E-state index contributed by atoms with van der Waals surface area (Å²) in [5.74, 6) is 0.822. The lowest BCUT2D eigenvalue weighted by Gasteiger charge is -2.30. The van der Waals surface area contributed by atoms with Crippen LogP contribution in [0.5, 0.6) is 5.75 Å². The summed E-state index contributed by atoms with van der Waals surface area (Å²) >= 11 is 0. The monoisotopic (exact) mass is 346 g/mol. The van der Waals surface area contributed by atoms with Gasteiger partial charge in [-0.25, -0.2) is 0 Å². The van der Waals surface area contributed by atoms with E-state index in [2.05, 4.69) is 0 Å². The van der Waals surface area contributed by atoms with E-state index in [1.807, 2.05) is 29.2 Å². The molecule has 1 saturated heterocycles. The molecule has 0 bridgehead atoms. The minimum atomic E-state index is -0.204. The minimum absolute atomic E-state index is 0.0160. The molecule has 3 rings (SSSR count). The lowest BCUT2D eigenvalue weighted by atomic mass is 9.96. The summed E-state index contributed by atoms with van der Waals surface area (Å²) in [5, 5.41) is 0. The first kappa shape index (κ1) is 17.7. The zero-order valence-corrected chi connectivity index (χ0v) is 14.9. The molecule has 2 amide bonds. The van der Waals surface area contributed by atoms with Crippen molar-refractivity contribution in [2.24, 2.45) is 11.7 Å². The summed E-state index contributed by atoms with van der Waals surface area (Å²) in [7, 11) is 1.65. The maximum absolute atomic E-state index is 12.8. The van der Waals surface area contributed by atoms with E-state index in [1.165, 1.54) is 4.90 Å². The molecule has 1 aliphatic carbocycles. The van der Waals surface area contributed by atoms with Crippen LogP contribution in [0.3, 0.4) is 0 Å². The molecular weight excluding hydrogens is 318 g/mol. The largest absolute Gasteiger partial charge is 0.497 e. The standard InChI is InChI=1S/C19H27N3O3/c1-25-17-6-2-14(3-7-17)12-22(16-4-5-16)18(23)13-21-10-8-15(9-11-21)19(20)24/h2-3,6-7,15-16H,4-5,8-13H2,1H3,(H2,20,24)/p+1. The Balaban J connectivity index is 1.55. The van der Waals surface area contributed by atoms with Crippen LogP contribution in [0.4, 0.5) is 0 Å². The van der Waals surface area contributed by atoms with E-state index in [0.29, 0.717) is 19.1 Å². The number of hydrogen-bond acceptors (Lipinski definition) is 3. The van der Waals surface area contributed by atoms with E-state index in [-0.39, 0.29) is 17.7 Å². The van der Waals surface area contributed by atoms with Gasteiger partial charge >= 0.3 is 0 Å². The molecule has 2 fully saturated rings. The average molecular weight is 346 g/mol. The van der Waals surface area contributed by atoms with Crippen LogP contribution in [0.1, 0.15) is 31.2 Å². The zero-order chi connectivity index (χ0) is 17.8. The van der Waals surface area contributed by atoms with Crippen LogP contribution in [-0.4, -0.2) is 49.5 Å². The fourth-order valence-electron chi connectivity index (χ4n) is 3.54. The number of nitrogens with zero attached hydrogens (tertiary/aromatic N) is 1. The van der Waals surface area contributed by atoms with Crippen LogP contribution in [0.15, 0.2) is 24.3 Å². The number of nitrogens with two attached hydrogens (primary N) is 1. The van der Waals surface area contributed by atoms with E-state index in [9.17, 15) is 9.59 Å². The first-order chi connectivity index (χ1) is 12.1. The Hall–Kier alpha value is -2.08. The van der Waals surface area contributed by atoms with Gasteiger partial charge in [0.15, 0.2) is 6.54 Å². The third-order valence-electron chi connectivity index (χ3n) is 5.32. The van der Waals surface area contributed by atoms with Gasteiger partial charge in [0.05, 0.1) is 20.2 Å². The number of piperidine rings is 1. The molecule has 1 heterocycles. The molecule has 1 aliphatic heterocycles. The Morgan fingerprint density at radius 3 is 2.32 bits per heavy atom. The Labute approximate surface area is 148 Å². The van der Waals surface area contributed by atoms with E-state index < -0.39 is 0 Å². The van der Waals surface area contributed by atoms with E-state index in [1.54, 1.807) is 7.11 Å². The molecule has 1 aromatic rings. The van der Waals surface area contributed by atoms with Crippen molar-refractivity contribution in [3.63, 3.8) is 0 Å². The van der Waals surface area contributed by atoms with Crippen LogP contribution in [0.25, 0.3) is 0 Å². The molecular formula is C19H28N3O3+. The van der Waals surface area contributed by atoms with Gasteiger partial charge in [0.2, 0.25) is 5.91 Å². The molecule has 0 atom stereocenters. The summed E-state index contributed by atoms with van der Waals surface area (Å²) in [5.41, 5.74) is 6.51. The number of primary amides is 1. The first-order valence-electron chi connectivity index (χ1n) is 9.12. The summed E-state index contributed by atoms with van der Waals surface area (Å²) in [4.78, 5) is 27.4. The van der Waals surface area contributed by atoms with E-state index in [4.69, 9.17) is 10.5 Å². The molecule has 6 heteroatoms. The van der Waals surface area contributed by atoms with Crippen LogP contribution >= 0.6 is 0 Å². The van der Waals surface area contributed by atoms with E-state index >= 15 is 0 Å². The maximum atomic E-state index is 12.8. The normalized spacial score (nSPS) is 23.1. The second kappa shape index (κ2) is 7.87. The number of carbonyl (C=O) groups excluding carboxylic acids is 2. The number of rotatable bonds is 7. The average Bonchev–Trinajstić information content (AvgIpc) is 3.45. The van der Waals surface area contributed by atoms with Crippen molar-refractivity contribution in [2.45, 2.75) is 38.3 Å². The third-order valence-corrected chi connectivity index (χ3v) is 5.32. The van der Waals surface area contributed by atoms with E-state index in [0.717, 1.165) is 50.1 Å². The van der Waals surface area contributed by atoms with Crippen molar-refractivity contribution < 1.29 is 19.2 Å². The summed E-state index contributed by atoms with van der Waals surface area (Å²) in [6, 6.07) is 8.30. The molecule has 1 aromatic carbocycles. The highest BCUT2D eigenvalue weighted by Gasteiger charge is 2.35. The van der Waals surface area contributed by atoms with Gasteiger partial charge in [0.25, 0.3) is 5.91 Å². The summed E-state index contributed by atoms with van der Waals surface area (Å²) in [6.07, 6.45) is 3.78. The minimum Gasteiger partial charge on any atom is -0.497 e. The number of amides is 2. The molecule has 0 radical (unpaired) electrons. The fourth-order valence-corrected chi connectivity index (χ4v) is 3.54. The first-order valence-corrected chi connectivity index (χ1v) is 9.12. The van der Waals surface area contributed by atoms with Gasteiger partial charge in [-0.3, -0.25) is 9.59 Å². The van der Waals surface area contributed by atoms with Crippen LogP contribution < -0.4 is 15.4 Å². The second-order valence-corrected chi connectivity index (χ2v) is 7.20. The van der Waals surface area contributed by atoms with Crippen LogP contribution in [0.2, 0.25) is 0 Å². The molecule has 3 N–H and O–H groups in total. The van der Waals surface area contributed by atoms with Gasteiger partial charge in [-0.05, 0) is 30.5 Å². The Morgan fingerprint density at radius 2 is 1.80 bits per heavy atom. The van der Waals surface area contributed by atoms with Gasteiger partial charge in [0, 0.05) is 31.3 Å². The fraction of sp³-hybridized carbons (Fsp3) is 0.579. The predicted molar refractivity (Wildman–Crippen MR) is 94.0 cm³/mol. The van der Waals surface area contributed by atoms with Gasteiger partial charge in [-0.15, -0.1) is 0 Å². The number of quaternary nitrogens is 1. The van der Waals surface area contributed by atoms with Crippen molar-refractivity contribution in [2.75, 3.05) is 26.7 Å². The lowest BCUT2D eigenvalue weighted by molar-refractivity contribution is -0.898. The number of ether oxygens (including phenoxy) is 1. The Kier molecular flexibility index (Phi) is 5.58. The molecule has 25 heavy (non-hydrogen) atoms. The molecule has 2 aliphatic rings. The topological polar surface area (TPSA) is 77.1 Å². The van der Waals surface area contributed by atoms with Crippen LogP contribution in [0, 0.1) is 5.92 Å². The van der Waals surface area contributed by atoms with Crippen molar-refractivity contribution in [1.82, 2.24) is 4.90 Å². The highest BCUT2D eigenvalue weighted by atomic mass is 16.5. The summed E-state index contributed by atoms with van der Waals surface area (Å²) < 4.78 is 5.19. The smallest absolute Gasteiger partial charge is 0.278 e. The van der Waals surface area contributed by atoms with Gasteiger partial charge < -0.3 is 20.3 Å². The second-order valence-electron chi connectivity index (χ2n) is 7.20. The molecule has 0 unspecified atom stereocenters. The number of likely N-dealkylation sites (tertiary alicyclic amines) is 1. The van der Waals surface area contributed by atoms with Gasteiger partial charge in [-0.2, -0.15) is 0 Å². The lowest BCUT2D eigenvalue weighted by Crippen LogP contribution is -3.14. The zero-order valence-electron chi connectivity index (χ0n) is 14.9. The molecule has 0 aromatic heterocycles. The number of hydrogen-bond donors (Lipinski definition) is 2.